The van der Waals surface area contributed by atoms with Crippen LogP contribution in [-0.2, 0) is 6.54 Å². The van der Waals surface area contributed by atoms with E-state index in [1.54, 1.807) is 35.5 Å². The Morgan fingerprint density at radius 3 is 2.83 bits per heavy atom. The Bertz CT molecular complexity index is 508. The second-order valence-electron chi connectivity index (χ2n) is 3.92. The first kappa shape index (κ1) is 12.6. The standard InChI is InChI=1S/C13H15N3OS/c1-14-10-5-6-12(15-8-10)13(17)16(2)9-11-4-3-7-18-11/h3-8,14H,9H2,1-2H3. The van der Waals surface area contributed by atoms with Gasteiger partial charge >= 0.3 is 0 Å². The summed E-state index contributed by atoms with van der Waals surface area (Å²) in [5.74, 6) is -0.0638. The number of aromatic nitrogens is 1. The van der Waals surface area contributed by atoms with Gasteiger partial charge in [-0.25, -0.2) is 4.98 Å². The molecule has 4 nitrogen and oxygen atoms in total. The summed E-state index contributed by atoms with van der Waals surface area (Å²) in [6.45, 7) is 0.617. The van der Waals surface area contributed by atoms with Crippen LogP contribution in [-0.4, -0.2) is 29.9 Å². The molecule has 2 heterocycles. The number of hydrogen-bond donors (Lipinski definition) is 1. The Hall–Kier alpha value is -1.88. The topological polar surface area (TPSA) is 45.2 Å². The minimum Gasteiger partial charge on any atom is -0.387 e. The first-order chi connectivity index (χ1) is 8.70. The number of rotatable bonds is 4. The molecule has 2 aromatic heterocycles. The molecule has 0 spiro atoms. The van der Waals surface area contributed by atoms with Crippen molar-refractivity contribution in [2.45, 2.75) is 6.54 Å². The average Bonchev–Trinajstić information content (AvgIpc) is 2.91. The summed E-state index contributed by atoms with van der Waals surface area (Å²) in [6.07, 6.45) is 1.66. The van der Waals surface area contributed by atoms with E-state index in [-0.39, 0.29) is 5.91 Å². The summed E-state index contributed by atoms with van der Waals surface area (Å²) >= 11 is 1.65. The zero-order valence-corrected chi connectivity index (χ0v) is 11.2. The number of nitrogens with one attached hydrogen (secondary N) is 1. The molecule has 2 rings (SSSR count). The third kappa shape index (κ3) is 2.87. The maximum absolute atomic E-state index is 12.1. The molecule has 94 valence electrons. The normalized spacial score (nSPS) is 10.1. The molecule has 0 saturated carbocycles. The highest BCUT2D eigenvalue weighted by molar-refractivity contribution is 7.09. The maximum atomic E-state index is 12.1. The number of carbonyl (C=O) groups is 1. The molecule has 0 aliphatic heterocycles. The SMILES string of the molecule is CNc1ccc(C(=O)N(C)Cc2cccs2)nc1. The predicted octanol–water partition coefficient (Wildman–Crippen LogP) is 2.46. The summed E-state index contributed by atoms with van der Waals surface area (Å²) in [4.78, 5) is 19.1. The van der Waals surface area contributed by atoms with Crippen molar-refractivity contribution in [1.29, 1.82) is 0 Å². The molecule has 0 saturated heterocycles. The van der Waals surface area contributed by atoms with Gasteiger partial charge < -0.3 is 10.2 Å². The van der Waals surface area contributed by atoms with Crippen LogP contribution in [0.15, 0.2) is 35.8 Å². The second-order valence-corrected chi connectivity index (χ2v) is 4.95. The van der Waals surface area contributed by atoms with E-state index in [1.807, 2.05) is 30.6 Å². The van der Waals surface area contributed by atoms with Crippen molar-refractivity contribution in [2.75, 3.05) is 19.4 Å². The van der Waals surface area contributed by atoms with E-state index < -0.39 is 0 Å². The number of nitrogens with zero attached hydrogens (tertiary/aromatic N) is 2. The van der Waals surface area contributed by atoms with Gasteiger partial charge in [0.2, 0.25) is 0 Å². The van der Waals surface area contributed by atoms with E-state index >= 15 is 0 Å². The lowest BCUT2D eigenvalue weighted by Crippen LogP contribution is -2.26. The van der Waals surface area contributed by atoms with E-state index in [0.717, 1.165) is 10.6 Å². The first-order valence-electron chi connectivity index (χ1n) is 5.62. The molecule has 0 unspecified atom stereocenters. The first-order valence-corrected chi connectivity index (χ1v) is 6.50. The molecule has 1 amide bonds. The van der Waals surface area contributed by atoms with Crippen molar-refractivity contribution in [3.05, 3.63) is 46.4 Å². The van der Waals surface area contributed by atoms with Gasteiger partial charge in [0.25, 0.3) is 5.91 Å². The van der Waals surface area contributed by atoms with Crippen molar-refractivity contribution in [3.8, 4) is 0 Å². The minimum absolute atomic E-state index is 0.0638. The Morgan fingerprint density at radius 2 is 2.28 bits per heavy atom. The van der Waals surface area contributed by atoms with E-state index in [9.17, 15) is 4.79 Å². The highest BCUT2D eigenvalue weighted by Crippen LogP contribution is 2.13. The highest BCUT2D eigenvalue weighted by atomic mass is 32.1. The van der Waals surface area contributed by atoms with Gasteiger partial charge in [-0.2, -0.15) is 0 Å². The molecular weight excluding hydrogens is 246 g/mol. The molecule has 1 N–H and O–H groups in total. The Balaban J connectivity index is 2.05. The lowest BCUT2D eigenvalue weighted by Gasteiger charge is -2.15. The molecule has 2 aromatic rings. The summed E-state index contributed by atoms with van der Waals surface area (Å²) in [5, 5.41) is 4.98. The monoisotopic (exact) mass is 261 g/mol. The Kier molecular flexibility index (Phi) is 3.94. The van der Waals surface area contributed by atoms with Crippen molar-refractivity contribution in [2.24, 2.45) is 0 Å². The second kappa shape index (κ2) is 5.64. The fourth-order valence-corrected chi connectivity index (χ4v) is 2.33. The van der Waals surface area contributed by atoms with Gasteiger partial charge in [0.05, 0.1) is 18.4 Å². The lowest BCUT2D eigenvalue weighted by atomic mass is 10.3. The number of anilines is 1. The summed E-state index contributed by atoms with van der Waals surface area (Å²) in [5.41, 5.74) is 1.36. The van der Waals surface area contributed by atoms with Gasteiger partial charge in [0, 0.05) is 19.0 Å². The van der Waals surface area contributed by atoms with Crippen LogP contribution >= 0.6 is 11.3 Å². The van der Waals surface area contributed by atoms with Crippen LogP contribution in [0.3, 0.4) is 0 Å². The predicted molar refractivity (Wildman–Crippen MR) is 73.9 cm³/mol. The van der Waals surface area contributed by atoms with Crippen molar-refractivity contribution < 1.29 is 4.79 Å². The molecule has 0 bridgehead atoms. The number of amides is 1. The Morgan fingerprint density at radius 1 is 1.44 bits per heavy atom. The van der Waals surface area contributed by atoms with Gasteiger partial charge in [0.15, 0.2) is 0 Å². The molecule has 0 radical (unpaired) electrons. The highest BCUT2D eigenvalue weighted by Gasteiger charge is 2.13. The third-order valence-corrected chi connectivity index (χ3v) is 3.45. The number of thiophene rings is 1. The van der Waals surface area contributed by atoms with Crippen LogP contribution in [0.4, 0.5) is 5.69 Å². The van der Waals surface area contributed by atoms with Gasteiger partial charge in [-0.05, 0) is 23.6 Å². The van der Waals surface area contributed by atoms with E-state index in [1.165, 1.54) is 0 Å². The van der Waals surface area contributed by atoms with Crippen LogP contribution < -0.4 is 5.32 Å². The zero-order valence-electron chi connectivity index (χ0n) is 10.4. The largest absolute Gasteiger partial charge is 0.387 e. The van der Waals surface area contributed by atoms with E-state index in [0.29, 0.717) is 12.2 Å². The van der Waals surface area contributed by atoms with E-state index in [2.05, 4.69) is 10.3 Å². The van der Waals surface area contributed by atoms with Crippen molar-refractivity contribution >= 4 is 22.9 Å². The summed E-state index contributed by atoms with van der Waals surface area (Å²) < 4.78 is 0. The van der Waals surface area contributed by atoms with Crippen LogP contribution in [0.2, 0.25) is 0 Å². The number of hydrogen-bond acceptors (Lipinski definition) is 4. The fourth-order valence-electron chi connectivity index (χ4n) is 1.57. The Labute approximate surface area is 110 Å². The smallest absolute Gasteiger partial charge is 0.272 e. The fraction of sp³-hybridized carbons (Fsp3) is 0.231. The van der Waals surface area contributed by atoms with Gasteiger partial charge in [0.1, 0.15) is 5.69 Å². The number of pyridine rings is 1. The molecule has 0 atom stereocenters. The summed E-state index contributed by atoms with van der Waals surface area (Å²) in [7, 11) is 3.61. The van der Waals surface area contributed by atoms with Crippen molar-refractivity contribution in [3.63, 3.8) is 0 Å². The third-order valence-electron chi connectivity index (χ3n) is 2.59. The van der Waals surface area contributed by atoms with Gasteiger partial charge in [-0.15, -0.1) is 11.3 Å². The van der Waals surface area contributed by atoms with Crippen LogP contribution in [0.1, 0.15) is 15.4 Å². The maximum Gasteiger partial charge on any atom is 0.272 e. The zero-order chi connectivity index (χ0) is 13.0. The molecule has 0 fully saturated rings. The quantitative estimate of drug-likeness (QED) is 0.919. The molecule has 18 heavy (non-hydrogen) atoms. The van der Waals surface area contributed by atoms with Gasteiger partial charge in [-0.3, -0.25) is 4.79 Å². The average molecular weight is 261 g/mol. The van der Waals surface area contributed by atoms with Crippen LogP contribution in [0.5, 0.6) is 0 Å². The lowest BCUT2D eigenvalue weighted by molar-refractivity contribution is 0.0780. The number of carbonyl (C=O) groups excluding carboxylic acids is 1. The van der Waals surface area contributed by atoms with Gasteiger partial charge in [-0.1, -0.05) is 6.07 Å². The molecular formula is C13H15N3OS. The molecule has 0 aromatic carbocycles. The molecule has 0 aliphatic carbocycles. The molecule has 5 heteroatoms. The van der Waals surface area contributed by atoms with Crippen molar-refractivity contribution in [1.82, 2.24) is 9.88 Å². The summed E-state index contributed by atoms with van der Waals surface area (Å²) in [6, 6.07) is 7.59. The van der Waals surface area contributed by atoms with E-state index in [4.69, 9.17) is 0 Å². The van der Waals surface area contributed by atoms with Crippen LogP contribution in [0.25, 0.3) is 0 Å². The molecule has 0 aliphatic rings. The minimum atomic E-state index is -0.0638. The van der Waals surface area contributed by atoms with Crippen LogP contribution in [0, 0.1) is 0 Å².